The van der Waals surface area contributed by atoms with Crippen molar-refractivity contribution >= 4 is 16.6 Å². The molecule has 134 valence electrons. The Hall–Kier alpha value is -3.65. The van der Waals surface area contributed by atoms with Crippen LogP contribution in [0, 0.1) is 10.1 Å². The van der Waals surface area contributed by atoms with E-state index in [1.807, 2.05) is 30.3 Å². The van der Waals surface area contributed by atoms with Crippen LogP contribution in [-0.4, -0.2) is 25.2 Å². The number of nitrogens with zero attached hydrogens (tertiary/aromatic N) is 4. The Morgan fingerprint density at radius 3 is 2.63 bits per heavy atom. The van der Waals surface area contributed by atoms with Crippen LogP contribution in [0.3, 0.4) is 0 Å². The molecular formula is C19H14N4O4. The molecule has 1 N–H and O–H groups in total. The number of aliphatic hydroxyl groups excluding tert-OH is 1. The number of hydrogen-bond donors (Lipinski definition) is 1. The van der Waals surface area contributed by atoms with E-state index in [-0.39, 0.29) is 23.5 Å². The molecule has 0 spiro atoms. The van der Waals surface area contributed by atoms with Crippen LogP contribution in [0.5, 0.6) is 0 Å². The quantitative estimate of drug-likeness (QED) is 0.427. The van der Waals surface area contributed by atoms with E-state index in [2.05, 4.69) is 15.1 Å². The molecule has 8 nitrogen and oxygen atoms in total. The Bertz CT molecular complexity index is 1110. The smallest absolute Gasteiger partial charge is 0.295 e. The summed E-state index contributed by atoms with van der Waals surface area (Å²) >= 11 is 0. The normalized spacial score (nSPS) is 12.2. The summed E-state index contributed by atoms with van der Waals surface area (Å²) in [6, 6.07) is 17.3. The molecule has 0 aliphatic rings. The maximum Gasteiger partial charge on any atom is 0.295 e. The molecule has 0 radical (unpaired) electrons. The first-order valence-corrected chi connectivity index (χ1v) is 8.22. The number of nitro benzene ring substituents is 1. The average molecular weight is 362 g/mol. The van der Waals surface area contributed by atoms with Gasteiger partial charge < -0.3 is 9.63 Å². The summed E-state index contributed by atoms with van der Waals surface area (Å²) < 4.78 is 5.23. The molecule has 8 heteroatoms. The van der Waals surface area contributed by atoms with Gasteiger partial charge in [-0.1, -0.05) is 53.7 Å². The first-order valence-electron chi connectivity index (χ1n) is 8.22. The highest BCUT2D eigenvalue weighted by atomic mass is 16.6. The maximum absolute atomic E-state index is 11.2. The van der Waals surface area contributed by atoms with E-state index >= 15 is 0 Å². The minimum absolute atomic E-state index is 0.0893. The lowest BCUT2D eigenvalue weighted by atomic mass is 10.1. The van der Waals surface area contributed by atoms with Crippen LogP contribution in [-0.2, 0) is 6.42 Å². The Balaban J connectivity index is 1.63. The van der Waals surface area contributed by atoms with Gasteiger partial charge in [-0.05, 0) is 11.6 Å². The van der Waals surface area contributed by atoms with E-state index < -0.39 is 11.0 Å². The Morgan fingerprint density at radius 2 is 1.85 bits per heavy atom. The third-order valence-electron chi connectivity index (χ3n) is 4.14. The maximum atomic E-state index is 11.2. The highest BCUT2D eigenvalue weighted by Gasteiger charge is 2.18. The van der Waals surface area contributed by atoms with Crippen LogP contribution < -0.4 is 0 Å². The van der Waals surface area contributed by atoms with Gasteiger partial charge in [0.25, 0.3) is 11.6 Å². The largest absolute Gasteiger partial charge is 0.388 e. The lowest BCUT2D eigenvalue weighted by Crippen LogP contribution is -2.03. The molecule has 1 atom stereocenters. The van der Waals surface area contributed by atoms with Crippen molar-refractivity contribution in [1.82, 2.24) is 15.1 Å². The lowest BCUT2D eigenvalue weighted by molar-refractivity contribution is -0.383. The van der Waals surface area contributed by atoms with Gasteiger partial charge in [0.1, 0.15) is 11.2 Å². The van der Waals surface area contributed by atoms with Crippen LogP contribution in [0.1, 0.15) is 17.5 Å². The molecule has 2 aromatic heterocycles. The predicted octanol–water partition coefficient (Wildman–Crippen LogP) is 3.47. The molecule has 0 aliphatic heterocycles. The summed E-state index contributed by atoms with van der Waals surface area (Å²) in [5.41, 5.74) is 1.26. The molecule has 0 aliphatic carbocycles. The fraction of sp³-hybridized carbons (Fsp3) is 0.105. The molecule has 27 heavy (non-hydrogen) atoms. The number of hydrogen-bond acceptors (Lipinski definition) is 7. The van der Waals surface area contributed by atoms with Gasteiger partial charge >= 0.3 is 0 Å². The minimum atomic E-state index is -0.762. The number of aromatic nitrogens is 3. The summed E-state index contributed by atoms with van der Waals surface area (Å²) in [4.78, 5) is 19.3. The van der Waals surface area contributed by atoms with Crippen LogP contribution in [0.4, 0.5) is 5.69 Å². The minimum Gasteiger partial charge on any atom is -0.388 e. The van der Waals surface area contributed by atoms with Gasteiger partial charge in [-0.15, -0.1) is 0 Å². The van der Waals surface area contributed by atoms with Gasteiger partial charge in [0.2, 0.25) is 0 Å². The highest BCUT2D eigenvalue weighted by Crippen LogP contribution is 2.27. The lowest BCUT2D eigenvalue weighted by Gasteiger charge is -2.07. The summed E-state index contributed by atoms with van der Waals surface area (Å²) in [7, 11) is 0. The van der Waals surface area contributed by atoms with Gasteiger partial charge in [-0.3, -0.25) is 10.1 Å². The first-order chi connectivity index (χ1) is 13.1. The molecule has 2 heterocycles. The molecule has 0 saturated carbocycles. The number of nitro groups is 1. The highest BCUT2D eigenvalue weighted by molar-refractivity contribution is 5.88. The fourth-order valence-electron chi connectivity index (χ4n) is 2.80. The summed E-state index contributed by atoms with van der Waals surface area (Å²) in [5.74, 6) is 0.469. The third kappa shape index (κ3) is 3.38. The molecule has 0 fully saturated rings. The van der Waals surface area contributed by atoms with Crippen molar-refractivity contribution in [3.63, 3.8) is 0 Å². The predicted molar refractivity (Wildman–Crippen MR) is 96.8 cm³/mol. The zero-order chi connectivity index (χ0) is 18.8. The zero-order valence-corrected chi connectivity index (χ0v) is 14.0. The van der Waals surface area contributed by atoms with E-state index in [1.165, 1.54) is 6.07 Å². The van der Waals surface area contributed by atoms with E-state index in [1.54, 1.807) is 24.3 Å². The molecule has 0 bridgehead atoms. The van der Waals surface area contributed by atoms with E-state index in [0.717, 1.165) is 5.56 Å². The van der Waals surface area contributed by atoms with Gasteiger partial charge in [0.05, 0.1) is 11.0 Å². The van der Waals surface area contributed by atoms with Gasteiger partial charge in [0.15, 0.2) is 5.82 Å². The van der Waals surface area contributed by atoms with Gasteiger partial charge in [-0.25, -0.2) is 4.98 Å². The standard InChI is InChI=1S/C19H14N4O4/c24-16(12-5-2-1-3-6-12)11-17-21-19(27-22-17)14-10-9-13-7-4-8-15(23(25)26)18(13)20-14/h1-10,16,24H,11H2/t16-/m1/s1. The van der Waals surface area contributed by atoms with Crippen LogP contribution in [0.15, 0.2) is 65.2 Å². The molecule has 4 aromatic rings. The Morgan fingerprint density at radius 1 is 1.04 bits per heavy atom. The monoisotopic (exact) mass is 362 g/mol. The van der Waals surface area contributed by atoms with Crippen molar-refractivity contribution in [2.24, 2.45) is 0 Å². The van der Waals surface area contributed by atoms with Crippen molar-refractivity contribution in [2.45, 2.75) is 12.5 Å². The second-order valence-electron chi connectivity index (χ2n) is 5.95. The molecule has 0 unspecified atom stereocenters. The molecule has 0 amide bonds. The SMILES string of the molecule is O=[N+]([O-])c1cccc2ccc(-c3nc(C[C@@H](O)c4ccccc4)no3)nc12. The van der Waals surface area contributed by atoms with E-state index in [0.29, 0.717) is 16.9 Å². The summed E-state index contributed by atoms with van der Waals surface area (Å²) in [6.45, 7) is 0. The number of fused-ring (bicyclic) bond motifs is 1. The van der Waals surface area contributed by atoms with Crippen LogP contribution in [0.25, 0.3) is 22.5 Å². The van der Waals surface area contributed by atoms with Crippen LogP contribution in [0.2, 0.25) is 0 Å². The average Bonchev–Trinajstić information content (AvgIpc) is 3.16. The Labute approximate surface area is 153 Å². The summed E-state index contributed by atoms with van der Waals surface area (Å²) in [6.07, 6.45) is -0.580. The number of para-hydroxylation sites is 1. The van der Waals surface area contributed by atoms with Crippen molar-refractivity contribution in [3.8, 4) is 11.6 Å². The van der Waals surface area contributed by atoms with Crippen molar-refractivity contribution in [1.29, 1.82) is 0 Å². The zero-order valence-electron chi connectivity index (χ0n) is 14.0. The molecular weight excluding hydrogens is 348 g/mol. The number of benzene rings is 2. The second kappa shape index (κ2) is 6.93. The number of pyridine rings is 1. The Kier molecular flexibility index (Phi) is 4.31. The van der Waals surface area contributed by atoms with Crippen molar-refractivity contribution in [3.05, 3.63) is 82.2 Å². The van der Waals surface area contributed by atoms with E-state index in [9.17, 15) is 15.2 Å². The van der Waals surface area contributed by atoms with Gasteiger partial charge in [-0.2, -0.15) is 4.98 Å². The second-order valence-corrected chi connectivity index (χ2v) is 5.95. The topological polar surface area (TPSA) is 115 Å². The third-order valence-corrected chi connectivity index (χ3v) is 4.14. The number of aliphatic hydroxyl groups is 1. The molecule has 2 aromatic carbocycles. The van der Waals surface area contributed by atoms with Crippen molar-refractivity contribution < 1.29 is 14.6 Å². The van der Waals surface area contributed by atoms with Gasteiger partial charge in [0, 0.05) is 17.9 Å². The summed E-state index contributed by atoms with van der Waals surface area (Å²) in [5, 5.41) is 26.0. The number of non-ortho nitro benzene ring substituents is 1. The van der Waals surface area contributed by atoms with E-state index in [4.69, 9.17) is 4.52 Å². The molecule has 4 rings (SSSR count). The van der Waals surface area contributed by atoms with Crippen molar-refractivity contribution in [2.75, 3.05) is 0 Å². The van der Waals surface area contributed by atoms with Crippen LogP contribution >= 0.6 is 0 Å². The number of rotatable bonds is 5. The molecule has 0 saturated heterocycles. The fourth-order valence-corrected chi connectivity index (χ4v) is 2.80. The first kappa shape index (κ1) is 16.8.